The van der Waals surface area contributed by atoms with Crippen molar-refractivity contribution in [2.24, 2.45) is 5.10 Å². The Bertz CT molecular complexity index is 630. The number of benzene rings is 1. The Balaban J connectivity index is 1.78. The van der Waals surface area contributed by atoms with E-state index >= 15 is 0 Å². The lowest BCUT2D eigenvalue weighted by molar-refractivity contribution is -0.123. The highest BCUT2D eigenvalue weighted by molar-refractivity contribution is 9.11. The molecule has 0 aliphatic heterocycles. The Hall–Kier alpha value is -1.37. The van der Waals surface area contributed by atoms with Crippen LogP contribution in [0.1, 0.15) is 4.88 Å². The Morgan fingerprint density at radius 2 is 2.20 bits per heavy atom. The summed E-state index contributed by atoms with van der Waals surface area (Å²) >= 11 is 10.8. The summed E-state index contributed by atoms with van der Waals surface area (Å²) < 4.78 is 6.29. The van der Waals surface area contributed by atoms with Crippen molar-refractivity contribution >= 4 is 51.0 Å². The number of thiophene rings is 1. The second-order valence-corrected chi connectivity index (χ2v) is 6.56. The van der Waals surface area contributed by atoms with Crippen LogP contribution in [0.4, 0.5) is 0 Å². The Morgan fingerprint density at radius 1 is 1.40 bits per heavy atom. The molecule has 1 N–H and O–H groups in total. The van der Waals surface area contributed by atoms with E-state index in [0.717, 1.165) is 8.66 Å². The van der Waals surface area contributed by atoms with Crippen LogP contribution in [-0.2, 0) is 4.79 Å². The summed E-state index contributed by atoms with van der Waals surface area (Å²) in [5.74, 6) is 0.118. The normalized spacial score (nSPS) is 10.7. The first kappa shape index (κ1) is 15.0. The maximum atomic E-state index is 11.5. The molecule has 0 saturated carbocycles. The van der Waals surface area contributed by atoms with E-state index in [9.17, 15) is 4.79 Å². The smallest absolute Gasteiger partial charge is 0.277 e. The molecule has 2 rings (SSSR count). The van der Waals surface area contributed by atoms with E-state index in [-0.39, 0.29) is 12.5 Å². The topological polar surface area (TPSA) is 50.7 Å². The fourth-order valence-corrected chi connectivity index (χ4v) is 2.79. The number of amides is 1. The highest BCUT2D eigenvalue weighted by atomic mass is 79.9. The van der Waals surface area contributed by atoms with Gasteiger partial charge in [0.2, 0.25) is 0 Å². The van der Waals surface area contributed by atoms with Gasteiger partial charge in [0, 0.05) is 4.88 Å². The highest BCUT2D eigenvalue weighted by Gasteiger charge is 2.04. The van der Waals surface area contributed by atoms with E-state index in [1.54, 1.807) is 30.5 Å². The van der Waals surface area contributed by atoms with E-state index in [2.05, 4.69) is 26.5 Å². The first-order chi connectivity index (χ1) is 9.65. The molecule has 0 saturated heterocycles. The highest BCUT2D eigenvalue weighted by Crippen LogP contribution is 2.22. The lowest BCUT2D eigenvalue weighted by Gasteiger charge is -2.06. The minimum atomic E-state index is -0.350. The van der Waals surface area contributed by atoms with Gasteiger partial charge < -0.3 is 4.74 Å². The molecule has 0 radical (unpaired) electrons. The molecule has 0 bridgehead atoms. The minimum absolute atomic E-state index is 0.144. The van der Waals surface area contributed by atoms with Gasteiger partial charge in [0.15, 0.2) is 6.61 Å². The number of hydrogen-bond acceptors (Lipinski definition) is 4. The van der Waals surface area contributed by atoms with Crippen LogP contribution in [0.2, 0.25) is 5.02 Å². The van der Waals surface area contributed by atoms with Crippen molar-refractivity contribution in [3.05, 3.63) is 50.1 Å². The largest absolute Gasteiger partial charge is 0.482 e. The molecule has 0 atom stereocenters. The van der Waals surface area contributed by atoms with Crippen molar-refractivity contribution in [3.8, 4) is 5.75 Å². The molecular formula is C13H10BrClN2O2S. The maximum Gasteiger partial charge on any atom is 0.277 e. The number of hydrogen-bond donors (Lipinski definition) is 1. The monoisotopic (exact) mass is 372 g/mol. The summed E-state index contributed by atoms with van der Waals surface area (Å²) in [5, 5.41) is 4.31. The van der Waals surface area contributed by atoms with Crippen LogP contribution in [0.3, 0.4) is 0 Å². The maximum absolute atomic E-state index is 11.5. The summed E-state index contributed by atoms with van der Waals surface area (Å²) in [6.07, 6.45) is 1.57. The molecule has 0 fully saturated rings. The number of halogens is 2. The molecule has 1 heterocycles. The zero-order chi connectivity index (χ0) is 14.4. The molecule has 0 aliphatic carbocycles. The van der Waals surface area contributed by atoms with Crippen LogP contribution in [0.15, 0.2) is 45.3 Å². The van der Waals surface area contributed by atoms with E-state index in [1.807, 2.05) is 12.1 Å². The van der Waals surface area contributed by atoms with Crippen LogP contribution in [0.25, 0.3) is 0 Å². The van der Waals surface area contributed by atoms with Crippen LogP contribution in [-0.4, -0.2) is 18.7 Å². The molecule has 104 valence electrons. The third-order valence-corrected chi connectivity index (χ3v) is 4.04. The molecule has 4 nitrogen and oxygen atoms in total. The second-order valence-electron chi connectivity index (χ2n) is 3.65. The zero-order valence-corrected chi connectivity index (χ0v) is 13.3. The summed E-state index contributed by atoms with van der Waals surface area (Å²) in [6, 6.07) is 10.8. The van der Waals surface area contributed by atoms with Crippen LogP contribution >= 0.6 is 38.9 Å². The number of rotatable bonds is 5. The summed E-state index contributed by atoms with van der Waals surface area (Å²) in [7, 11) is 0. The van der Waals surface area contributed by atoms with Crippen molar-refractivity contribution in [2.45, 2.75) is 0 Å². The third-order valence-electron chi connectivity index (χ3n) is 2.17. The van der Waals surface area contributed by atoms with E-state index in [4.69, 9.17) is 16.3 Å². The Morgan fingerprint density at radius 3 is 2.90 bits per heavy atom. The summed E-state index contributed by atoms with van der Waals surface area (Å²) in [5.41, 5.74) is 2.38. The fraction of sp³-hybridized carbons (Fsp3) is 0.0769. The molecule has 0 aliphatic rings. The Labute approximate surface area is 133 Å². The molecule has 1 amide bonds. The molecule has 1 aromatic carbocycles. The van der Waals surface area contributed by atoms with Crippen LogP contribution in [0, 0.1) is 0 Å². The molecule has 1 aromatic heterocycles. The van der Waals surface area contributed by atoms with E-state index in [0.29, 0.717) is 10.8 Å². The molecule has 0 unspecified atom stereocenters. The van der Waals surface area contributed by atoms with Crippen LogP contribution in [0.5, 0.6) is 5.75 Å². The number of hydrazone groups is 1. The molecule has 7 heteroatoms. The van der Waals surface area contributed by atoms with Gasteiger partial charge in [-0.15, -0.1) is 11.3 Å². The molecular weight excluding hydrogens is 364 g/mol. The first-order valence-electron chi connectivity index (χ1n) is 5.60. The van der Waals surface area contributed by atoms with Gasteiger partial charge in [-0.05, 0) is 40.2 Å². The average molecular weight is 374 g/mol. The lowest BCUT2D eigenvalue weighted by Crippen LogP contribution is -2.24. The van der Waals surface area contributed by atoms with E-state index in [1.165, 1.54) is 11.3 Å². The van der Waals surface area contributed by atoms with Crippen molar-refractivity contribution in [3.63, 3.8) is 0 Å². The third kappa shape index (κ3) is 4.63. The zero-order valence-electron chi connectivity index (χ0n) is 10.2. The van der Waals surface area contributed by atoms with Crippen molar-refractivity contribution in [1.29, 1.82) is 0 Å². The van der Waals surface area contributed by atoms with Gasteiger partial charge in [-0.25, -0.2) is 5.43 Å². The van der Waals surface area contributed by atoms with Crippen molar-refractivity contribution in [1.82, 2.24) is 5.43 Å². The quantitative estimate of drug-likeness (QED) is 0.642. The molecule has 20 heavy (non-hydrogen) atoms. The first-order valence-corrected chi connectivity index (χ1v) is 7.58. The SMILES string of the molecule is O=C(COc1ccccc1Cl)NN=Cc1ccc(Br)s1. The number of nitrogens with one attached hydrogen (secondary N) is 1. The number of para-hydroxylation sites is 1. The van der Waals surface area contributed by atoms with Gasteiger partial charge >= 0.3 is 0 Å². The predicted molar refractivity (Wildman–Crippen MR) is 84.7 cm³/mol. The number of carbonyl (C=O) groups is 1. The summed E-state index contributed by atoms with van der Waals surface area (Å²) in [6.45, 7) is -0.144. The van der Waals surface area contributed by atoms with Crippen molar-refractivity contribution < 1.29 is 9.53 Å². The average Bonchev–Trinajstić information content (AvgIpc) is 2.83. The Kier molecular flexibility index (Phi) is 5.58. The summed E-state index contributed by atoms with van der Waals surface area (Å²) in [4.78, 5) is 12.5. The second kappa shape index (κ2) is 7.42. The van der Waals surface area contributed by atoms with Crippen molar-refractivity contribution in [2.75, 3.05) is 6.61 Å². The van der Waals surface area contributed by atoms with Crippen LogP contribution < -0.4 is 10.2 Å². The predicted octanol–water partition coefficient (Wildman–Crippen LogP) is 3.69. The fourth-order valence-electron chi connectivity index (χ4n) is 1.30. The molecule has 0 spiro atoms. The number of nitrogens with zero attached hydrogens (tertiary/aromatic N) is 1. The molecule has 2 aromatic rings. The van der Waals surface area contributed by atoms with Gasteiger partial charge in [-0.1, -0.05) is 23.7 Å². The lowest BCUT2D eigenvalue weighted by atomic mass is 10.3. The van der Waals surface area contributed by atoms with Gasteiger partial charge in [0.25, 0.3) is 5.91 Å². The van der Waals surface area contributed by atoms with Gasteiger partial charge in [-0.3, -0.25) is 4.79 Å². The standard InChI is InChI=1S/C13H10BrClN2O2S/c14-12-6-5-9(20-12)7-16-17-13(18)8-19-11-4-2-1-3-10(11)15/h1-7H,8H2,(H,17,18). The number of ether oxygens (including phenoxy) is 1. The van der Waals surface area contributed by atoms with Gasteiger partial charge in [0.05, 0.1) is 15.0 Å². The van der Waals surface area contributed by atoms with Gasteiger partial charge in [-0.2, -0.15) is 5.10 Å². The number of carbonyl (C=O) groups excluding carboxylic acids is 1. The van der Waals surface area contributed by atoms with Gasteiger partial charge in [0.1, 0.15) is 5.75 Å². The minimum Gasteiger partial charge on any atom is -0.482 e. The van der Waals surface area contributed by atoms with E-state index < -0.39 is 0 Å².